The highest BCUT2D eigenvalue weighted by Crippen LogP contribution is 2.32. The van der Waals surface area contributed by atoms with Gasteiger partial charge in [-0.05, 0) is 36.5 Å². The Kier molecular flexibility index (Phi) is 5.55. The summed E-state index contributed by atoms with van der Waals surface area (Å²) in [7, 11) is 0. The molecule has 112 valence electrons. The lowest BCUT2D eigenvalue weighted by atomic mass is 9.88. The average molecular weight is 278 g/mol. The molecule has 0 aromatic heterocycles. The van der Waals surface area contributed by atoms with Crippen LogP contribution in [0.15, 0.2) is 18.2 Å². The van der Waals surface area contributed by atoms with Gasteiger partial charge in [0.1, 0.15) is 5.82 Å². The maximum Gasteiger partial charge on any atom is 0.126 e. The molecule has 1 heterocycles. The molecule has 0 saturated carbocycles. The summed E-state index contributed by atoms with van der Waals surface area (Å²) < 4.78 is 13.5. The maximum absolute atomic E-state index is 13.5. The van der Waals surface area contributed by atoms with Crippen molar-refractivity contribution in [3.63, 3.8) is 0 Å². The van der Waals surface area contributed by atoms with Gasteiger partial charge in [-0.3, -0.25) is 4.90 Å². The van der Waals surface area contributed by atoms with Crippen LogP contribution in [0.5, 0.6) is 0 Å². The third-order valence-corrected chi connectivity index (χ3v) is 4.35. The van der Waals surface area contributed by atoms with E-state index in [1.807, 2.05) is 19.1 Å². The Morgan fingerprint density at radius 2 is 2.00 bits per heavy atom. The van der Waals surface area contributed by atoms with Gasteiger partial charge in [0.15, 0.2) is 0 Å². The summed E-state index contributed by atoms with van der Waals surface area (Å²) in [5, 5.41) is 3.41. The van der Waals surface area contributed by atoms with Crippen molar-refractivity contribution in [2.24, 2.45) is 5.92 Å². The van der Waals surface area contributed by atoms with E-state index in [1.54, 1.807) is 6.07 Å². The third-order valence-electron chi connectivity index (χ3n) is 4.35. The van der Waals surface area contributed by atoms with Crippen LogP contribution in [0.4, 0.5) is 4.39 Å². The Hall–Kier alpha value is -0.930. The SMILES string of the molecule is CCCC(C)[C@H](c1ccc(F)c(C)c1)N1CCNCC1. The Bertz CT molecular complexity index is 427. The standard InChI is InChI=1S/C17H27FN2/c1-4-5-13(2)17(20-10-8-19-9-11-20)15-6-7-16(18)14(3)12-15/h6-7,12-13,17,19H,4-5,8-11H2,1-3H3/t13?,17-/m1/s1. The Morgan fingerprint density at radius 3 is 2.60 bits per heavy atom. The average Bonchev–Trinajstić information content (AvgIpc) is 2.44. The molecule has 2 nitrogen and oxygen atoms in total. The molecular formula is C17H27FN2. The minimum absolute atomic E-state index is 0.101. The second kappa shape index (κ2) is 7.19. The van der Waals surface area contributed by atoms with E-state index in [0.29, 0.717) is 12.0 Å². The number of nitrogens with zero attached hydrogens (tertiary/aromatic N) is 1. The van der Waals surface area contributed by atoms with Crippen LogP contribution < -0.4 is 5.32 Å². The first-order chi connectivity index (χ1) is 9.63. The van der Waals surface area contributed by atoms with Gasteiger partial charge in [0.05, 0.1) is 0 Å². The quantitative estimate of drug-likeness (QED) is 0.886. The lowest BCUT2D eigenvalue weighted by molar-refractivity contribution is 0.126. The van der Waals surface area contributed by atoms with Crippen LogP contribution in [-0.2, 0) is 0 Å². The fourth-order valence-electron chi connectivity index (χ4n) is 3.32. The van der Waals surface area contributed by atoms with E-state index in [0.717, 1.165) is 31.7 Å². The molecule has 0 spiro atoms. The summed E-state index contributed by atoms with van der Waals surface area (Å²) in [5.74, 6) is 0.499. The third kappa shape index (κ3) is 3.58. The first-order valence-corrected chi connectivity index (χ1v) is 7.84. The number of benzene rings is 1. The van der Waals surface area contributed by atoms with Gasteiger partial charge in [0, 0.05) is 32.2 Å². The van der Waals surface area contributed by atoms with Crippen LogP contribution in [0.1, 0.15) is 43.9 Å². The monoisotopic (exact) mass is 278 g/mol. The maximum atomic E-state index is 13.5. The molecule has 2 atom stereocenters. The Balaban J connectivity index is 2.26. The lowest BCUT2D eigenvalue weighted by Gasteiger charge is -2.39. The summed E-state index contributed by atoms with van der Waals surface area (Å²) in [6, 6.07) is 6.05. The molecule has 1 aliphatic heterocycles. The molecule has 1 unspecified atom stereocenters. The molecule has 1 aromatic carbocycles. The zero-order valence-electron chi connectivity index (χ0n) is 13.0. The molecule has 1 aliphatic rings. The van der Waals surface area contributed by atoms with Gasteiger partial charge >= 0.3 is 0 Å². The van der Waals surface area contributed by atoms with E-state index < -0.39 is 0 Å². The van der Waals surface area contributed by atoms with Crippen molar-refractivity contribution >= 4 is 0 Å². The Labute approximate surface area is 122 Å². The van der Waals surface area contributed by atoms with E-state index in [1.165, 1.54) is 18.4 Å². The highest BCUT2D eigenvalue weighted by atomic mass is 19.1. The zero-order chi connectivity index (χ0) is 14.5. The fourth-order valence-corrected chi connectivity index (χ4v) is 3.32. The van der Waals surface area contributed by atoms with Crippen LogP contribution in [0, 0.1) is 18.7 Å². The predicted octanol–water partition coefficient (Wildman–Crippen LogP) is 3.52. The molecule has 2 rings (SSSR count). The lowest BCUT2D eigenvalue weighted by Crippen LogP contribution is -2.46. The van der Waals surface area contributed by atoms with Crippen molar-refractivity contribution in [2.75, 3.05) is 26.2 Å². The molecular weight excluding hydrogens is 251 g/mol. The number of piperazine rings is 1. The van der Waals surface area contributed by atoms with Crippen LogP contribution in [-0.4, -0.2) is 31.1 Å². The van der Waals surface area contributed by atoms with Gasteiger partial charge in [-0.1, -0.05) is 32.4 Å². The molecule has 0 radical (unpaired) electrons. The van der Waals surface area contributed by atoms with Crippen LogP contribution >= 0.6 is 0 Å². The van der Waals surface area contributed by atoms with Crippen molar-refractivity contribution in [2.45, 2.75) is 39.7 Å². The number of halogens is 1. The van der Waals surface area contributed by atoms with Crippen LogP contribution in [0.25, 0.3) is 0 Å². The normalized spacial score (nSPS) is 19.8. The van der Waals surface area contributed by atoms with E-state index in [9.17, 15) is 4.39 Å². The molecule has 20 heavy (non-hydrogen) atoms. The summed E-state index contributed by atoms with van der Waals surface area (Å²) in [6.45, 7) is 10.7. The van der Waals surface area contributed by atoms with Crippen molar-refractivity contribution in [1.29, 1.82) is 0 Å². The summed E-state index contributed by atoms with van der Waals surface area (Å²) in [4.78, 5) is 2.56. The molecule has 1 aromatic rings. The molecule has 1 saturated heterocycles. The van der Waals surface area contributed by atoms with Crippen molar-refractivity contribution in [1.82, 2.24) is 10.2 Å². The minimum Gasteiger partial charge on any atom is -0.314 e. The molecule has 1 N–H and O–H groups in total. The van der Waals surface area contributed by atoms with Gasteiger partial charge in [-0.25, -0.2) is 4.39 Å². The van der Waals surface area contributed by atoms with Crippen LogP contribution in [0.3, 0.4) is 0 Å². The highest BCUT2D eigenvalue weighted by molar-refractivity contribution is 5.27. The first-order valence-electron chi connectivity index (χ1n) is 7.84. The predicted molar refractivity (Wildman–Crippen MR) is 82.4 cm³/mol. The number of aryl methyl sites for hydroxylation is 1. The molecule has 0 amide bonds. The van der Waals surface area contributed by atoms with E-state index in [-0.39, 0.29) is 5.82 Å². The molecule has 0 aliphatic carbocycles. The van der Waals surface area contributed by atoms with Gasteiger partial charge in [-0.2, -0.15) is 0 Å². The highest BCUT2D eigenvalue weighted by Gasteiger charge is 2.27. The van der Waals surface area contributed by atoms with Gasteiger partial charge in [0.2, 0.25) is 0 Å². The second-order valence-electron chi connectivity index (χ2n) is 6.01. The first kappa shape index (κ1) is 15.5. The molecule has 3 heteroatoms. The van der Waals surface area contributed by atoms with E-state index >= 15 is 0 Å². The minimum atomic E-state index is -0.101. The number of hydrogen-bond acceptors (Lipinski definition) is 2. The molecule has 0 bridgehead atoms. The largest absolute Gasteiger partial charge is 0.314 e. The summed E-state index contributed by atoms with van der Waals surface area (Å²) in [6.07, 6.45) is 2.41. The zero-order valence-corrected chi connectivity index (χ0v) is 13.0. The molecule has 1 fully saturated rings. The van der Waals surface area contributed by atoms with Gasteiger partial charge in [0.25, 0.3) is 0 Å². The number of nitrogens with one attached hydrogen (secondary N) is 1. The van der Waals surface area contributed by atoms with Gasteiger partial charge in [-0.15, -0.1) is 0 Å². The fraction of sp³-hybridized carbons (Fsp3) is 0.647. The van der Waals surface area contributed by atoms with Crippen molar-refractivity contribution in [3.8, 4) is 0 Å². The van der Waals surface area contributed by atoms with Crippen LogP contribution in [0.2, 0.25) is 0 Å². The summed E-state index contributed by atoms with van der Waals surface area (Å²) in [5.41, 5.74) is 2.03. The van der Waals surface area contributed by atoms with E-state index in [2.05, 4.69) is 24.1 Å². The van der Waals surface area contributed by atoms with Gasteiger partial charge < -0.3 is 5.32 Å². The topological polar surface area (TPSA) is 15.3 Å². The van der Waals surface area contributed by atoms with Crippen molar-refractivity contribution in [3.05, 3.63) is 35.1 Å². The van der Waals surface area contributed by atoms with E-state index in [4.69, 9.17) is 0 Å². The van der Waals surface area contributed by atoms with Crippen molar-refractivity contribution < 1.29 is 4.39 Å². The summed E-state index contributed by atoms with van der Waals surface area (Å²) >= 11 is 0. The second-order valence-corrected chi connectivity index (χ2v) is 6.01. The Morgan fingerprint density at radius 1 is 1.30 bits per heavy atom. The number of rotatable bonds is 5. The smallest absolute Gasteiger partial charge is 0.126 e. The number of hydrogen-bond donors (Lipinski definition) is 1.